The molecule has 0 aromatic heterocycles. The fraction of sp³-hybridized carbons (Fsp3) is 0.538. The van der Waals surface area contributed by atoms with Gasteiger partial charge in [-0.05, 0) is 62.3 Å². The molecule has 2 rings (SSSR count). The predicted octanol–water partition coefficient (Wildman–Crippen LogP) is 3.05. The van der Waals surface area contributed by atoms with Crippen LogP contribution in [0.1, 0.15) is 49.9 Å². The molecule has 194 valence electrons. The first kappa shape index (κ1) is 36.7. The minimum absolute atomic E-state index is 0. The molecule has 0 aliphatic carbocycles. The quantitative estimate of drug-likeness (QED) is 0.428. The van der Waals surface area contributed by atoms with E-state index in [0.29, 0.717) is 22.0 Å². The summed E-state index contributed by atoms with van der Waals surface area (Å²) >= 11 is 6.70. The average Bonchev–Trinajstić information content (AvgIpc) is 2.66. The number of aryl methyl sites for hydroxylation is 2. The molecule has 0 radical (unpaired) electrons. The summed E-state index contributed by atoms with van der Waals surface area (Å²) < 4.78 is 1.17. The van der Waals surface area contributed by atoms with Gasteiger partial charge >= 0.3 is 21.7 Å². The first-order chi connectivity index (χ1) is 15.6. The molecule has 0 spiro atoms. The van der Waals surface area contributed by atoms with Crippen LogP contribution in [0.5, 0.6) is 11.5 Å². The smallest absolute Gasteiger partial charge is 0.871 e. The Hall–Kier alpha value is -0.446. The van der Waals surface area contributed by atoms with Crippen LogP contribution in [0.25, 0.3) is 0 Å². The third-order valence-electron chi connectivity index (χ3n) is 4.18. The maximum atomic E-state index is 12.5. The van der Waals surface area contributed by atoms with E-state index in [1.165, 1.54) is 0 Å². The van der Waals surface area contributed by atoms with Gasteiger partial charge in [-0.1, -0.05) is 83.2 Å². The summed E-state index contributed by atoms with van der Waals surface area (Å²) in [6.07, 6.45) is -0.833. The maximum Gasteiger partial charge on any atom is 4.00 e. The van der Waals surface area contributed by atoms with Crippen molar-refractivity contribution in [2.24, 2.45) is 0 Å². The van der Waals surface area contributed by atoms with Crippen molar-refractivity contribution in [1.29, 1.82) is 0 Å². The van der Waals surface area contributed by atoms with E-state index in [0.717, 1.165) is 35.3 Å². The minimum atomic E-state index is -0.417. The molecule has 0 unspecified atom stereocenters. The van der Waals surface area contributed by atoms with Gasteiger partial charge < -0.3 is 25.3 Å². The van der Waals surface area contributed by atoms with E-state index < -0.39 is 12.2 Å². The summed E-state index contributed by atoms with van der Waals surface area (Å²) in [5, 5.41) is 44.0. The van der Waals surface area contributed by atoms with Gasteiger partial charge in [0.05, 0.1) is 0 Å². The molecule has 35 heavy (non-hydrogen) atoms. The van der Waals surface area contributed by atoms with E-state index in [2.05, 4.69) is 41.7 Å². The summed E-state index contributed by atoms with van der Waals surface area (Å²) in [4.78, 5) is 4.26. The van der Waals surface area contributed by atoms with Crippen molar-refractivity contribution >= 4 is 31.9 Å². The largest absolute Gasteiger partial charge is 4.00 e. The predicted molar refractivity (Wildman–Crippen MR) is 140 cm³/mol. The number of rotatable bonds is 7. The van der Waals surface area contributed by atoms with E-state index in [4.69, 9.17) is 0 Å². The van der Waals surface area contributed by atoms with Gasteiger partial charge in [0.2, 0.25) is 0 Å². The van der Waals surface area contributed by atoms with Crippen molar-refractivity contribution in [3.63, 3.8) is 0 Å². The molecule has 2 aromatic carbocycles. The zero-order valence-electron chi connectivity index (χ0n) is 22.1. The molecule has 0 heterocycles. The van der Waals surface area contributed by atoms with Crippen molar-refractivity contribution in [1.82, 2.24) is 9.80 Å². The fourth-order valence-corrected chi connectivity index (χ4v) is 4.11. The number of benzene rings is 2. The van der Waals surface area contributed by atoms with Gasteiger partial charge in [0.1, 0.15) is 0 Å². The van der Waals surface area contributed by atoms with E-state index in [-0.39, 0.29) is 33.2 Å². The molecule has 0 N–H and O–H groups in total. The minimum Gasteiger partial charge on any atom is -0.871 e. The summed E-state index contributed by atoms with van der Waals surface area (Å²) in [6.45, 7) is 13.0. The second-order valence-corrected chi connectivity index (χ2v) is 10.8. The van der Waals surface area contributed by atoms with Gasteiger partial charge in [-0.2, -0.15) is 0 Å². The Morgan fingerprint density at radius 3 is 1.31 bits per heavy atom. The van der Waals surface area contributed by atoms with Gasteiger partial charge in [-0.25, -0.2) is 0 Å². The zero-order valence-corrected chi connectivity index (χ0v) is 26.8. The van der Waals surface area contributed by atoms with Gasteiger partial charge in [0.25, 0.3) is 0 Å². The summed E-state index contributed by atoms with van der Waals surface area (Å²) in [5.74, 6) is 0.0245. The average molecular weight is 650 g/mol. The van der Waals surface area contributed by atoms with Crippen LogP contribution < -0.4 is 20.4 Å². The maximum absolute atomic E-state index is 12.5. The molecule has 0 bridgehead atoms. The monoisotopic (exact) mass is 648 g/mol. The number of hydrogen-bond donors (Lipinski definition) is 0. The topological polar surface area (TPSA) is 98.7 Å². The van der Waals surface area contributed by atoms with Crippen LogP contribution in [0.3, 0.4) is 0 Å². The Kier molecular flexibility index (Phi) is 19.7. The molecule has 0 aliphatic rings. The van der Waals surface area contributed by atoms with Gasteiger partial charge in [0.15, 0.2) is 0 Å². The molecule has 0 saturated heterocycles. The van der Waals surface area contributed by atoms with Gasteiger partial charge in [0, 0.05) is 35.1 Å². The van der Waals surface area contributed by atoms with E-state index >= 15 is 0 Å². The van der Waals surface area contributed by atoms with Crippen LogP contribution in [0.15, 0.2) is 33.2 Å². The number of hydrogen-bond acceptors (Lipinski definition) is 6. The van der Waals surface area contributed by atoms with E-state index in [1.807, 2.05) is 52.2 Å². The Bertz CT molecular complexity index is 810. The van der Waals surface area contributed by atoms with Crippen LogP contribution in [-0.4, -0.2) is 49.2 Å². The Morgan fingerprint density at radius 1 is 0.714 bits per heavy atom. The number of nitrogens with zero attached hydrogens (tertiary/aromatic N) is 2. The van der Waals surface area contributed by atoms with Crippen molar-refractivity contribution in [3.05, 3.63) is 55.5 Å². The molecule has 0 atom stereocenters. The number of halogens is 2. The third kappa shape index (κ3) is 16.8. The van der Waals surface area contributed by atoms with Crippen molar-refractivity contribution < 1.29 is 42.1 Å². The Morgan fingerprint density at radius 2 is 1.03 bits per heavy atom. The van der Waals surface area contributed by atoms with Crippen molar-refractivity contribution in [2.45, 2.75) is 66.8 Å². The van der Waals surface area contributed by atoms with E-state index in [1.54, 1.807) is 27.7 Å². The summed E-state index contributed by atoms with van der Waals surface area (Å²) in [5.41, 5.74) is 3.58. The molecule has 6 nitrogen and oxygen atoms in total. The molecule has 0 amide bonds. The van der Waals surface area contributed by atoms with Crippen LogP contribution in [0, 0.1) is 13.8 Å². The summed E-state index contributed by atoms with van der Waals surface area (Å²) in [6, 6.07) is 7.53. The Balaban J connectivity index is 0. The molecule has 0 fully saturated rings. The first-order valence-corrected chi connectivity index (χ1v) is 12.8. The molecule has 0 aliphatic heterocycles. The molecule has 9 heteroatoms. The fourth-order valence-electron chi connectivity index (χ4n) is 2.87. The number of likely N-dealkylation sites (N-methyl/N-ethyl adjacent to an activating group) is 1. The Labute approximate surface area is 243 Å². The standard InChI is InChI=1S/C20H26Br2N2O2.2C3H7O.Ti/c1-13-7-15(19(25)17(21)9-13)11-24(6-5-23(3)4)12-16-8-14(2)10-18(22)20(16)26;2*1-3(2)4;/h7-10,25-26H,5-6,11-12H2,1-4H3;2*3H,1-2H3;/q;2*-1;+4/p-2. The molecule has 0 saturated carbocycles. The second kappa shape index (κ2) is 18.7. The second-order valence-electron chi connectivity index (χ2n) is 9.08. The molecular weight excluding hydrogens is 612 g/mol. The van der Waals surface area contributed by atoms with Gasteiger partial charge in [-0.3, -0.25) is 4.90 Å². The third-order valence-corrected chi connectivity index (χ3v) is 5.36. The van der Waals surface area contributed by atoms with Gasteiger partial charge in [-0.15, -0.1) is 12.2 Å². The normalized spacial score (nSPS) is 10.6. The zero-order chi connectivity index (χ0) is 26.6. The first-order valence-electron chi connectivity index (χ1n) is 11.2. The van der Waals surface area contributed by atoms with Crippen LogP contribution in [-0.2, 0) is 34.8 Å². The SMILES string of the molecule is CC(C)[O-].CC(C)[O-].Cc1cc(Br)c([O-])c(CN(CCN(C)C)Cc2cc(C)cc(Br)c2[O-])c1.[Ti+4]. The van der Waals surface area contributed by atoms with Crippen molar-refractivity contribution in [3.8, 4) is 11.5 Å². The van der Waals surface area contributed by atoms with Crippen molar-refractivity contribution in [2.75, 3.05) is 27.2 Å². The molecule has 2 aromatic rings. The molecular formula is C26H38Br2N2O4Ti. The van der Waals surface area contributed by atoms with Crippen LogP contribution in [0.4, 0.5) is 0 Å². The van der Waals surface area contributed by atoms with Crippen LogP contribution in [0.2, 0.25) is 0 Å². The van der Waals surface area contributed by atoms with Crippen LogP contribution >= 0.6 is 31.9 Å². The van der Waals surface area contributed by atoms with E-state index in [9.17, 15) is 20.4 Å². The summed E-state index contributed by atoms with van der Waals surface area (Å²) in [7, 11) is 4.03.